The van der Waals surface area contributed by atoms with Gasteiger partial charge in [0.25, 0.3) is 17.6 Å². The van der Waals surface area contributed by atoms with Gasteiger partial charge in [-0.2, -0.15) is 28.3 Å². The van der Waals surface area contributed by atoms with E-state index >= 15 is 0 Å². The molecular weight excluding hydrogens is 539 g/mol. The van der Waals surface area contributed by atoms with Gasteiger partial charge < -0.3 is 10.6 Å². The molecule has 2 aromatic heterocycles. The third-order valence-corrected chi connectivity index (χ3v) is 5.69. The molecule has 0 aliphatic carbocycles. The van der Waals surface area contributed by atoms with Crippen LogP contribution in [0.1, 0.15) is 50.4 Å². The highest BCUT2D eigenvalue weighted by atomic mass is 35.5. The molecule has 0 fully saturated rings. The number of nitrogens with zero attached hydrogens (tertiary/aromatic N) is 7. The van der Waals surface area contributed by atoms with Crippen molar-refractivity contribution in [2.24, 2.45) is 0 Å². The van der Waals surface area contributed by atoms with Crippen LogP contribution in [-0.2, 0) is 12.7 Å². The lowest BCUT2D eigenvalue weighted by Gasteiger charge is -2.15. The molecule has 0 bridgehead atoms. The van der Waals surface area contributed by atoms with Crippen molar-refractivity contribution in [3.63, 3.8) is 0 Å². The van der Waals surface area contributed by atoms with Crippen molar-refractivity contribution in [2.75, 3.05) is 11.9 Å². The second kappa shape index (κ2) is 10.9. The third kappa shape index (κ3) is 5.88. The predicted octanol–water partition coefficient (Wildman–Crippen LogP) is 3.76. The number of hydrogen-bond acceptors (Lipinski definition) is 7. The Balaban J connectivity index is 1.76. The van der Waals surface area contributed by atoms with Gasteiger partial charge >= 0.3 is 6.18 Å². The number of alkyl halides is 3. The van der Waals surface area contributed by atoms with Gasteiger partial charge in [-0.1, -0.05) is 23.7 Å². The maximum Gasteiger partial charge on any atom is 0.455 e. The minimum absolute atomic E-state index is 0.0418. The number of carbonyl (C=O) groups is 2. The lowest BCUT2D eigenvalue weighted by atomic mass is 10.0. The van der Waals surface area contributed by atoms with E-state index in [9.17, 15) is 28.0 Å². The second-order valence-electron chi connectivity index (χ2n) is 8.17. The van der Waals surface area contributed by atoms with Crippen molar-refractivity contribution >= 4 is 29.1 Å². The monoisotopic (exact) mass is 557 g/mol. The molecule has 0 atom stereocenters. The lowest BCUT2D eigenvalue weighted by molar-refractivity contribution is -0.145. The van der Waals surface area contributed by atoms with Gasteiger partial charge in [0.15, 0.2) is 0 Å². The Morgan fingerprint density at radius 2 is 1.87 bits per heavy atom. The average molecular weight is 558 g/mol. The van der Waals surface area contributed by atoms with Crippen LogP contribution < -0.4 is 10.6 Å². The average Bonchev–Trinajstić information content (AvgIpc) is 3.53. The molecule has 2 aromatic carbocycles. The first-order chi connectivity index (χ1) is 18.5. The number of para-hydroxylation sites is 1. The van der Waals surface area contributed by atoms with E-state index in [-0.39, 0.29) is 39.8 Å². The van der Waals surface area contributed by atoms with Crippen molar-refractivity contribution in [3.8, 4) is 11.8 Å². The minimum atomic E-state index is -4.78. The summed E-state index contributed by atoms with van der Waals surface area (Å²) in [4.78, 5) is 27.0. The van der Waals surface area contributed by atoms with Crippen LogP contribution in [0.15, 0.2) is 42.5 Å². The highest BCUT2D eigenvalue weighted by Gasteiger charge is 2.37. The van der Waals surface area contributed by atoms with E-state index in [0.29, 0.717) is 22.6 Å². The van der Waals surface area contributed by atoms with Gasteiger partial charge in [-0.15, -0.1) is 10.2 Å². The molecule has 0 aliphatic heterocycles. The Morgan fingerprint density at radius 3 is 2.51 bits per heavy atom. The third-order valence-electron chi connectivity index (χ3n) is 5.37. The van der Waals surface area contributed by atoms with Crippen LogP contribution in [-0.4, -0.2) is 48.3 Å². The number of halogens is 4. The zero-order valence-electron chi connectivity index (χ0n) is 20.4. The molecule has 0 aliphatic rings. The molecule has 2 N–H and O–H groups in total. The Morgan fingerprint density at radius 1 is 1.13 bits per heavy atom. The summed E-state index contributed by atoms with van der Waals surface area (Å²) in [6, 6.07) is 12.7. The van der Waals surface area contributed by atoms with Crippen LogP contribution in [0.5, 0.6) is 0 Å². The first-order valence-electron chi connectivity index (χ1n) is 11.3. The maximum absolute atomic E-state index is 13.5. The molecule has 0 radical (unpaired) electrons. The quantitative estimate of drug-likeness (QED) is 0.352. The minimum Gasteiger partial charge on any atom is -0.352 e. The predicted molar refractivity (Wildman–Crippen MR) is 132 cm³/mol. The van der Waals surface area contributed by atoms with Crippen molar-refractivity contribution in [1.29, 1.82) is 5.26 Å². The Bertz CT molecular complexity index is 1610. The number of anilines is 1. The van der Waals surface area contributed by atoms with Gasteiger partial charge in [-0.05, 0) is 55.0 Å². The van der Waals surface area contributed by atoms with Crippen LogP contribution in [0.2, 0.25) is 5.02 Å². The molecule has 0 saturated carbocycles. The Hall–Kier alpha value is -4.77. The van der Waals surface area contributed by atoms with Gasteiger partial charge in [0, 0.05) is 6.54 Å². The molecule has 2 amide bonds. The maximum atomic E-state index is 13.5. The highest BCUT2D eigenvalue weighted by molar-refractivity contribution is 6.32. The van der Waals surface area contributed by atoms with E-state index in [4.69, 9.17) is 11.6 Å². The number of tetrazole rings is 1. The van der Waals surface area contributed by atoms with Crippen LogP contribution >= 0.6 is 11.6 Å². The van der Waals surface area contributed by atoms with Crippen LogP contribution in [0.3, 0.4) is 0 Å². The van der Waals surface area contributed by atoms with E-state index < -0.39 is 23.8 Å². The van der Waals surface area contributed by atoms with Crippen LogP contribution in [0.4, 0.5) is 18.9 Å². The fourth-order valence-corrected chi connectivity index (χ4v) is 3.89. The fourth-order valence-electron chi connectivity index (χ4n) is 3.67. The van der Waals surface area contributed by atoms with Crippen molar-refractivity contribution in [1.82, 2.24) is 35.3 Å². The second-order valence-corrected chi connectivity index (χ2v) is 8.57. The highest BCUT2D eigenvalue weighted by Crippen LogP contribution is 2.27. The molecule has 39 heavy (non-hydrogen) atoms. The van der Waals surface area contributed by atoms with Gasteiger partial charge in [-0.25, -0.2) is 4.68 Å². The number of nitrogens with one attached hydrogen (secondary N) is 2. The number of aryl methyl sites for hydroxylation is 1. The molecule has 11 nitrogen and oxygen atoms in total. The first-order valence-corrected chi connectivity index (χ1v) is 11.7. The fraction of sp³-hybridized carbons (Fsp3) is 0.208. The number of nitriles is 1. The zero-order valence-corrected chi connectivity index (χ0v) is 21.2. The van der Waals surface area contributed by atoms with E-state index in [1.165, 1.54) is 22.9 Å². The molecule has 4 rings (SSSR count). The van der Waals surface area contributed by atoms with Crippen molar-refractivity contribution in [2.45, 2.75) is 26.6 Å². The van der Waals surface area contributed by atoms with Gasteiger partial charge in [-0.3, -0.25) is 9.59 Å². The van der Waals surface area contributed by atoms with E-state index in [1.54, 1.807) is 38.1 Å². The SMILES string of the molecule is CCNC(=O)c1cc(C#N)cc(C)c1NC(=O)c1cc(Cn2nnc(C(F)(F)F)n2)nn1-c1ccccc1Cl. The Labute approximate surface area is 224 Å². The molecule has 200 valence electrons. The smallest absolute Gasteiger partial charge is 0.352 e. The summed E-state index contributed by atoms with van der Waals surface area (Å²) >= 11 is 6.34. The number of carbonyl (C=O) groups excluding carboxylic acids is 2. The van der Waals surface area contributed by atoms with E-state index in [1.807, 2.05) is 6.07 Å². The number of rotatable bonds is 7. The molecule has 2 heterocycles. The molecule has 4 aromatic rings. The van der Waals surface area contributed by atoms with E-state index in [2.05, 4.69) is 31.1 Å². The number of benzene rings is 2. The van der Waals surface area contributed by atoms with Crippen molar-refractivity contribution in [3.05, 3.63) is 81.4 Å². The van der Waals surface area contributed by atoms with Crippen molar-refractivity contribution < 1.29 is 22.8 Å². The first kappa shape index (κ1) is 27.3. The molecule has 15 heteroatoms. The molecular formula is C24H19ClF3N9O2. The summed E-state index contributed by atoms with van der Waals surface area (Å²) in [6.07, 6.45) is -4.78. The van der Waals surface area contributed by atoms with E-state index in [0.717, 1.165) is 0 Å². The zero-order chi connectivity index (χ0) is 28.3. The van der Waals surface area contributed by atoms with Crippen LogP contribution in [0.25, 0.3) is 5.69 Å². The molecule has 0 spiro atoms. The number of amides is 2. The normalized spacial score (nSPS) is 11.2. The number of aromatic nitrogens is 6. The topological polar surface area (TPSA) is 143 Å². The summed E-state index contributed by atoms with van der Waals surface area (Å²) in [5.41, 5.74) is 1.35. The standard InChI is InChI=1S/C24H19ClF3N9O2/c1-3-30-21(38)16-9-14(11-29)8-13(2)20(16)31-22(39)19-10-15(12-36-34-23(32-35-36)24(26,27)28)33-37(19)18-7-5-4-6-17(18)25/h4-10H,3,12H2,1-2H3,(H,30,38)(H,31,39). The summed E-state index contributed by atoms with van der Waals surface area (Å²) in [7, 11) is 0. The van der Waals surface area contributed by atoms with Gasteiger partial charge in [0.05, 0.1) is 39.3 Å². The largest absolute Gasteiger partial charge is 0.455 e. The molecule has 0 unspecified atom stereocenters. The van der Waals surface area contributed by atoms with Gasteiger partial charge in [0.1, 0.15) is 12.2 Å². The van der Waals surface area contributed by atoms with Crippen LogP contribution in [0, 0.1) is 18.3 Å². The number of hydrogen-bond donors (Lipinski definition) is 2. The summed E-state index contributed by atoms with van der Waals surface area (Å²) in [5.74, 6) is -2.61. The van der Waals surface area contributed by atoms with Gasteiger partial charge in [0.2, 0.25) is 0 Å². The summed E-state index contributed by atoms with van der Waals surface area (Å²) in [6.45, 7) is 3.34. The lowest BCUT2D eigenvalue weighted by Crippen LogP contribution is -2.26. The summed E-state index contributed by atoms with van der Waals surface area (Å²) in [5, 5.41) is 29.0. The Kier molecular flexibility index (Phi) is 7.63. The molecule has 0 saturated heterocycles. The summed E-state index contributed by atoms with van der Waals surface area (Å²) < 4.78 is 39.9.